The van der Waals surface area contributed by atoms with E-state index in [9.17, 15) is 4.79 Å². The van der Waals surface area contributed by atoms with Crippen molar-refractivity contribution in [2.24, 2.45) is 0 Å². The van der Waals surface area contributed by atoms with Crippen LogP contribution < -0.4 is 0 Å². The van der Waals surface area contributed by atoms with E-state index >= 15 is 0 Å². The van der Waals surface area contributed by atoms with Crippen molar-refractivity contribution in [1.82, 2.24) is 4.98 Å². The fourth-order valence-electron chi connectivity index (χ4n) is 1.17. The molecule has 0 aromatic carbocycles. The van der Waals surface area contributed by atoms with E-state index in [1.807, 2.05) is 18.2 Å². The van der Waals surface area contributed by atoms with Crippen molar-refractivity contribution >= 4 is 43.7 Å². The highest BCUT2D eigenvalue weighted by atomic mass is 79.9. The minimum Gasteiger partial charge on any atom is -0.289 e. The van der Waals surface area contributed by atoms with Gasteiger partial charge in [-0.1, -0.05) is 44.0 Å². The molecule has 0 amide bonds. The number of ketones is 1. The van der Waals surface area contributed by atoms with Gasteiger partial charge in [-0.15, -0.1) is 0 Å². The quantitative estimate of drug-likeness (QED) is 0.690. The summed E-state index contributed by atoms with van der Waals surface area (Å²) in [5, 5.41) is 0. The van der Waals surface area contributed by atoms with Gasteiger partial charge in [0.15, 0.2) is 3.23 Å². The van der Waals surface area contributed by atoms with Crippen LogP contribution in [-0.4, -0.2) is 14.0 Å². The highest BCUT2D eigenvalue weighted by Crippen LogP contribution is 2.36. The molecule has 0 aliphatic heterocycles. The molecule has 2 rings (SSSR count). The molecule has 1 heterocycles. The van der Waals surface area contributed by atoms with E-state index in [4.69, 9.17) is 0 Å². The predicted molar refractivity (Wildman–Crippen MR) is 58.2 cm³/mol. The Bertz CT molecular complexity index is 398. The third-order valence-electron chi connectivity index (χ3n) is 1.83. The Morgan fingerprint density at radius 1 is 1.38 bits per heavy atom. The lowest BCUT2D eigenvalue weighted by Gasteiger charge is -2.19. The Kier molecular flexibility index (Phi) is 2.12. The van der Waals surface area contributed by atoms with Crippen molar-refractivity contribution < 1.29 is 4.79 Å². The number of carbonyl (C=O) groups is 1. The monoisotopic (exact) mass is 301 g/mol. The number of halogens is 2. The number of Topliss-reactive ketones (excluding diaryl/α,β-unsaturated/α-hetero) is 1. The smallest absolute Gasteiger partial charge is 0.212 e. The van der Waals surface area contributed by atoms with Gasteiger partial charge in [-0.25, -0.2) is 0 Å². The minimum absolute atomic E-state index is 0.0643. The molecule has 1 aliphatic carbocycles. The van der Waals surface area contributed by atoms with Gasteiger partial charge in [0.1, 0.15) is 5.69 Å². The molecule has 0 N–H and O–H groups in total. The zero-order valence-electron chi connectivity index (χ0n) is 6.50. The van der Waals surface area contributed by atoms with Crippen LogP contribution in [0.2, 0.25) is 0 Å². The second-order valence-electron chi connectivity index (χ2n) is 2.73. The number of nitrogens with zero attached hydrogens (tertiary/aromatic N) is 1. The molecule has 4 heteroatoms. The van der Waals surface area contributed by atoms with Crippen molar-refractivity contribution in [2.75, 3.05) is 0 Å². The molecule has 13 heavy (non-hydrogen) atoms. The van der Waals surface area contributed by atoms with Gasteiger partial charge in [0.05, 0.1) is 0 Å². The first-order valence-corrected chi connectivity index (χ1v) is 5.27. The molecule has 0 saturated heterocycles. The van der Waals surface area contributed by atoms with Gasteiger partial charge < -0.3 is 0 Å². The zero-order chi connectivity index (χ0) is 9.47. The van der Waals surface area contributed by atoms with E-state index < -0.39 is 3.23 Å². The van der Waals surface area contributed by atoms with Crippen LogP contribution in [0.25, 0.3) is 6.08 Å². The second kappa shape index (κ2) is 3.03. The molecule has 1 aliphatic rings. The molecule has 1 aromatic heterocycles. The molecule has 0 bridgehead atoms. The highest BCUT2D eigenvalue weighted by molar-refractivity contribution is 9.26. The summed E-state index contributed by atoms with van der Waals surface area (Å²) in [6, 6.07) is 3.68. The van der Waals surface area contributed by atoms with Crippen LogP contribution in [0, 0.1) is 0 Å². The summed E-state index contributed by atoms with van der Waals surface area (Å²) in [6.07, 6.45) is 5.25. The topological polar surface area (TPSA) is 30.0 Å². The van der Waals surface area contributed by atoms with Crippen LogP contribution >= 0.6 is 31.9 Å². The van der Waals surface area contributed by atoms with Gasteiger partial charge >= 0.3 is 0 Å². The first kappa shape index (κ1) is 9.09. The molecule has 1 aromatic rings. The normalized spacial score (nSPS) is 18.5. The van der Waals surface area contributed by atoms with Crippen molar-refractivity contribution in [3.05, 3.63) is 35.7 Å². The summed E-state index contributed by atoms with van der Waals surface area (Å²) < 4.78 is -0.776. The minimum atomic E-state index is -0.776. The Morgan fingerprint density at radius 3 is 2.92 bits per heavy atom. The molecule has 2 nitrogen and oxygen atoms in total. The second-order valence-corrected chi connectivity index (χ2v) is 6.29. The molecule has 0 atom stereocenters. The average Bonchev–Trinajstić information content (AvgIpc) is 2.13. The maximum Gasteiger partial charge on any atom is 0.212 e. The number of alkyl halides is 2. The van der Waals surface area contributed by atoms with Crippen LogP contribution in [0.1, 0.15) is 16.1 Å². The standard InChI is InChI=1S/C9H5Br2NO/c10-9(11)4-3-6-2-1-5-12-7(6)8(9)13/h1-5H. The molecule has 66 valence electrons. The van der Waals surface area contributed by atoms with E-state index in [1.165, 1.54) is 0 Å². The van der Waals surface area contributed by atoms with Crippen LogP contribution in [-0.2, 0) is 0 Å². The third-order valence-corrected chi connectivity index (χ3v) is 3.08. The van der Waals surface area contributed by atoms with Crippen LogP contribution in [0.3, 0.4) is 0 Å². The van der Waals surface area contributed by atoms with E-state index in [2.05, 4.69) is 36.8 Å². The van der Waals surface area contributed by atoms with E-state index in [-0.39, 0.29) is 5.78 Å². The van der Waals surface area contributed by atoms with E-state index in [0.29, 0.717) is 5.69 Å². The third kappa shape index (κ3) is 1.48. The van der Waals surface area contributed by atoms with Gasteiger partial charge in [0.25, 0.3) is 0 Å². The van der Waals surface area contributed by atoms with Crippen molar-refractivity contribution in [3.8, 4) is 0 Å². The lowest BCUT2D eigenvalue weighted by molar-refractivity contribution is 0.0989. The number of fused-ring (bicyclic) bond motifs is 1. The first-order valence-electron chi connectivity index (χ1n) is 3.68. The van der Waals surface area contributed by atoms with Crippen LogP contribution in [0.5, 0.6) is 0 Å². The van der Waals surface area contributed by atoms with Crippen molar-refractivity contribution in [2.45, 2.75) is 3.23 Å². The first-order chi connectivity index (χ1) is 6.11. The molecule has 0 saturated carbocycles. The van der Waals surface area contributed by atoms with Gasteiger partial charge in [-0.2, -0.15) is 0 Å². The van der Waals surface area contributed by atoms with Crippen LogP contribution in [0.4, 0.5) is 0 Å². The van der Waals surface area contributed by atoms with Crippen LogP contribution in [0.15, 0.2) is 24.4 Å². The summed E-state index contributed by atoms with van der Waals surface area (Å²) >= 11 is 6.54. The number of aromatic nitrogens is 1. The number of hydrogen-bond donors (Lipinski definition) is 0. The Balaban J connectivity index is 2.62. The molecular formula is C9H5Br2NO. The summed E-state index contributed by atoms with van der Waals surface area (Å²) in [5.41, 5.74) is 1.36. The number of rotatable bonds is 0. The largest absolute Gasteiger partial charge is 0.289 e. The Morgan fingerprint density at radius 2 is 2.15 bits per heavy atom. The number of carbonyl (C=O) groups excluding carboxylic acids is 1. The van der Waals surface area contributed by atoms with Gasteiger partial charge in [0, 0.05) is 11.8 Å². The fourth-order valence-corrected chi connectivity index (χ4v) is 1.81. The highest BCUT2D eigenvalue weighted by Gasteiger charge is 2.35. The maximum atomic E-state index is 11.7. The average molecular weight is 303 g/mol. The summed E-state index contributed by atoms with van der Waals surface area (Å²) in [4.78, 5) is 15.8. The predicted octanol–water partition coefficient (Wildman–Crippen LogP) is 2.78. The molecule has 0 radical (unpaired) electrons. The van der Waals surface area contributed by atoms with Gasteiger partial charge in [-0.05, 0) is 12.1 Å². The van der Waals surface area contributed by atoms with Gasteiger partial charge in [0.2, 0.25) is 5.78 Å². The van der Waals surface area contributed by atoms with E-state index in [1.54, 1.807) is 12.3 Å². The maximum absolute atomic E-state index is 11.7. The number of pyridine rings is 1. The van der Waals surface area contributed by atoms with Crippen molar-refractivity contribution in [3.63, 3.8) is 0 Å². The number of hydrogen-bond acceptors (Lipinski definition) is 2. The molecule has 0 unspecified atom stereocenters. The molecule has 0 fully saturated rings. The van der Waals surface area contributed by atoms with Gasteiger partial charge in [-0.3, -0.25) is 9.78 Å². The fraction of sp³-hybridized carbons (Fsp3) is 0.111. The lowest BCUT2D eigenvalue weighted by atomic mass is 10.0. The SMILES string of the molecule is O=C1c2ncccc2C=CC1(Br)Br. The lowest BCUT2D eigenvalue weighted by Crippen LogP contribution is -2.26. The molecular weight excluding hydrogens is 298 g/mol. The number of allylic oxidation sites excluding steroid dienone is 1. The summed E-state index contributed by atoms with van der Waals surface area (Å²) in [7, 11) is 0. The van der Waals surface area contributed by atoms with Crippen molar-refractivity contribution in [1.29, 1.82) is 0 Å². The Labute approximate surface area is 92.3 Å². The molecule has 0 spiro atoms. The zero-order valence-corrected chi connectivity index (χ0v) is 9.67. The van der Waals surface area contributed by atoms with E-state index in [0.717, 1.165) is 5.56 Å². The summed E-state index contributed by atoms with van der Waals surface area (Å²) in [6.45, 7) is 0. The Hall–Kier alpha value is -0.480. The summed E-state index contributed by atoms with van der Waals surface area (Å²) in [5.74, 6) is -0.0643.